The van der Waals surface area contributed by atoms with Gasteiger partial charge < -0.3 is 10.1 Å². The van der Waals surface area contributed by atoms with Crippen LogP contribution in [-0.4, -0.2) is 12.6 Å². The van der Waals surface area contributed by atoms with Crippen LogP contribution < -0.4 is 5.32 Å². The van der Waals surface area contributed by atoms with Crippen molar-refractivity contribution in [2.75, 3.05) is 11.9 Å². The third kappa shape index (κ3) is 2.40. The summed E-state index contributed by atoms with van der Waals surface area (Å²) in [5, 5.41) is 3.79. The Morgan fingerprint density at radius 2 is 1.70 bits per heavy atom. The molecule has 0 radical (unpaired) electrons. The molecule has 1 heterocycles. The van der Waals surface area contributed by atoms with Crippen LogP contribution in [0.2, 0.25) is 5.02 Å². The molecule has 0 bridgehead atoms. The Hall–Kier alpha value is -2.26. The molecule has 1 aliphatic rings. The maximum Gasteiger partial charge on any atom is 0.341 e. The van der Waals surface area contributed by atoms with Gasteiger partial charge in [-0.1, -0.05) is 54.1 Å². The van der Waals surface area contributed by atoms with E-state index in [0.717, 1.165) is 16.9 Å². The molecule has 3 nitrogen and oxygen atoms in total. The summed E-state index contributed by atoms with van der Waals surface area (Å²) < 4.78 is 5.13. The number of anilines is 1. The third-order valence-electron chi connectivity index (χ3n) is 3.08. The molecular formula is C16H12ClNO2. The van der Waals surface area contributed by atoms with E-state index >= 15 is 0 Å². The zero-order valence-electron chi connectivity index (χ0n) is 10.6. The van der Waals surface area contributed by atoms with Gasteiger partial charge in [0, 0.05) is 0 Å². The summed E-state index contributed by atoms with van der Waals surface area (Å²) in [6.07, 6.45) is 0. The topological polar surface area (TPSA) is 38.3 Å². The van der Waals surface area contributed by atoms with Gasteiger partial charge in [0.15, 0.2) is 0 Å². The van der Waals surface area contributed by atoms with E-state index in [9.17, 15) is 4.79 Å². The maximum absolute atomic E-state index is 11.9. The zero-order chi connectivity index (χ0) is 13.9. The number of hydrogen-bond acceptors (Lipinski definition) is 3. The highest BCUT2D eigenvalue weighted by atomic mass is 35.5. The fourth-order valence-electron chi connectivity index (χ4n) is 2.13. The van der Waals surface area contributed by atoms with Gasteiger partial charge in [-0.05, 0) is 17.7 Å². The standard InChI is InChI=1S/C16H12ClNO2/c17-12-8-4-5-9-13(12)18-14-10-20-16(19)15(14)11-6-2-1-3-7-11/h1-9,18H,10H2. The Kier molecular flexibility index (Phi) is 3.44. The van der Waals surface area contributed by atoms with E-state index in [1.807, 2.05) is 48.5 Å². The van der Waals surface area contributed by atoms with Crippen molar-refractivity contribution in [2.24, 2.45) is 0 Å². The minimum Gasteiger partial charge on any atom is -0.456 e. The number of carbonyl (C=O) groups excluding carboxylic acids is 1. The van der Waals surface area contributed by atoms with E-state index in [0.29, 0.717) is 10.6 Å². The first-order valence-corrected chi connectivity index (χ1v) is 6.61. The third-order valence-corrected chi connectivity index (χ3v) is 3.40. The lowest BCUT2D eigenvalue weighted by molar-refractivity contribution is -0.134. The number of ether oxygens (including phenoxy) is 1. The van der Waals surface area contributed by atoms with Gasteiger partial charge in [-0.15, -0.1) is 0 Å². The average molecular weight is 286 g/mol. The van der Waals surface area contributed by atoms with Crippen LogP contribution in [0.5, 0.6) is 0 Å². The summed E-state index contributed by atoms with van der Waals surface area (Å²) in [6.45, 7) is 0.230. The average Bonchev–Trinajstić information content (AvgIpc) is 2.83. The van der Waals surface area contributed by atoms with E-state index in [2.05, 4.69) is 5.32 Å². The van der Waals surface area contributed by atoms with Gasteiger partial charge in [-0.25, -0.2) is 4.79 Å². The molecule has 0 spiro atoms. The van der Waals surface area contributed by atoms with Crippen molar-refractivity contribution in [1.82, 2.24) is 0 Å². The molecule has 20 heavy (non-hydrogen) atoms. The van der Waals surface area contributed by atoms with Crippen LogP contribution >= 0.6 is 11.6 Å². The van der Waals surface area contributed by atoms with Gasteiger partial charge in [0.05, 0.1) is 22.0 Å². The quantitative estimate of drug-likeness (QED) is 0.874. The highest BCUT2D eigenvalue weighted by Crippen LogP contribution is 2.29. The number of esters is 1. The number of halogens is 1. The normalized spacial score (nSPS) is 14.3. The lowest BCUT2D eigenvalue weighted by Gasteiger charge is -2.09. The van der Waals surface area contributed by atoms with Gasteiger partial charge in [0.25, 0.3) is 0 Å². The number of benzene rings is 2. The van der Waals surface area contributed by atoms with Crippen molar-refractivity contribution >= 4 is 28.8 Å². The fourth-order valence-corrected chi connectivity index (χ4v) is 2.31. The monoisotopic (exact) mass is 285 g/mol. The van der Waals surface area contributed by atoms with E-state index in [-0.39, 0.29) is 12.6 Å². The van der Waals surface area contributed by atoms with Crippen molar-refractivity contribution in [3.05, 3.63) is 70.9 Å². The van der Waals surface area contributed by atoms with Crippen LogP contribution in [0.3, 0.4) is 0 Å². The second-order valence-electron chi connectivity index (χ2n) is 4.40. The molecular weight excluding hydrogens is 274 g/mol. The molecule has 1 aliphatic heterocycles. The first-order chi connectivity index (χ1) is 9.75. The van der Waals surface area contributed by atoms with Gasteiger partial charge in [-0.2, -0.15) is 0 Å². The molecule has 0 aromatic heterocycles. The SMILES string of the molecule is O=C1OCC(Nc2ccccc2Cl)=C1c1ccccc1. The molecule has 3 rings (SSSR count). The Morgan fingerprint density at radius 1 is 1.00 bits per heavy atom. The molecule has 0 atom stereocenters. The molecule has 2 aromatic carbocycles. The van der Waals surface area contributed by atoms with Gasteiger partial charge >= 0.3 is 5.97 Å². The smallest absolute Gasteiger partial charge is 0.341 e. The Bertz CT molecular complexity index is 680. The second-order valence-corrected chi connectivity index (χ2v) is 4.81. The lowest BCUT2D eigenvalue weighted by Crippen LogP contribution is -2.03. The van der Waals surface area contributed by atoms with Crippen molar-refractivity contribution in [3.63, 3.8) is 0 Å². The summed E-state index contributed by atoms with van der Waals surface area (Å²) in [5.74, 6) is -0.314. The van der Waals surface area contributed by atoms with Crippen molar-refractivity contribution in [3.8, 4) is 0 Å². The van der Waals surface area contributed by atoms with Gasteiger partial charge in [-0.3, -0.25) is 0 Å². The van der Waals surface area contributed by atoms with Gasteiger partial charge in [0.1, 0.15) is 6.61 Å². The van der Waals surface area contributed by atoms with Crippen LogP contribution in [0.15, 0.2) is 60.3 Å². The predicted molar refractivity (Wildman–Crippen MR) is 79.4 cm³/mol. The van der Waals surface area contributed by atoms with Crippen molar-refractivity contribution < 1.29 is 9.53 Å². The minimum atomic E-state index is -0.314. The Labute approximate surface area is 121 Å². The minimum absolute atomic E-state index is 0.230. The molecule has 0 fully saturated rings. The van der Waals surface area contributed by atoms with Crippen molar-refractivity contribution in [1.29, 1.82) is 0 Å². The number of hydrogen-bond donors (Lipinski definition) is 1. The largest absolute Gasteiger partial charge is 0.456 e. The number of cyclic esters (lactones) is 1. The summed E-state index contributed by atoms with van der Waals surface area (Å²) in [4.78, 5) is 11.9. The number of para-hydroxylation sites is 1. The van der Waals surface area contributed by atoms with Crippen LogP contribution in [0, 0.1) is 0 Å². The molecule has 0 saturated heterocycles. The van der Waals surface area contributed by atoms with E-state index in [1.165, 1.54) is 0 Å². The summed E-state index contributed by atoms with van der Waals surface area (Å²) in [5.41, 5.74) is 2.89. The molecule has 1 N–H and O–H groups in total. The summed E-state index contributed by atoms with van der Waals surface area (Å²) in [7, 11) is 0. The van der Waals surface area contributed by atoms with E-state index in [1.54, 1.807) is 6.07 Å². The van der Waals surface area contributed by atoms with Crippen LogP contribution in [-0.2, 0) is 9.53 Å². The first-order valence-electron chi connectivity index (χ1n) is 6.23. The van der Waals surface area contributed by atoms with Crippen molar-refractivity contribution in [2.45, 2.75) is 0 Å². The highest BCUT2D eigenvalue weighted by Gasteiger charge is 2.26. The zero-order valence-corrected chi connectivity index (χ0v) is 11.4. The Morgan fingerprint density at radius 3 is 2.45 bits per heavy atom. The summed E-state index contributed by atoms with van der Waals surface area (Å²) in [6, 6.07) is 16.9. The predicted octanol–water partition coefficient (Wildman–Crippen LogP) is 3.72. The molecule has 0 saturated carbocycles. The van der Waals surface area contributed by atoms with Gasteiger partial charge in [0.2, 0.25) is 0 Å². The molecule has 100 valence electrons. The Balaban J connectivity index is 2.00. The van der Waals surface area contributed by atoms with Crippen LogP contribution in [0.1, 0.15) is 5.56 Å². The second kappa shape index (κ2) is 5.39. The first kappa shape index (κ1) is 12.8. The fraction of sp³-hybridized carbons (Fsp3) is 0.0625. The lowest BCUT2D eigenvalue weighted by atomic mass is 10.1. The number of carbonyl (C=O) groups is 1. The van der Waals surface area contributed by atoms with Crippen LogP contribution in [0.4, 0.5) is 5.69 Å². The molecule has 0 aliphatic carbocycles. The molecule has 0 unspecified atom stereocenters. The number of nitrogens with one attached hydrogen (secondary N) is 1. The van der Waals surface area contributed by atoms with Crippen LogP contribution in [0.25, 0.3) is 5.57 Å². The number of rotatable bonds is 3. The van der Waals surface area contributed by atoms with E-state index < -0.39 is 0 Å². The van der Waals surface area contributed by atoms with E-state index in [4.69, 9.17) is 16.3 Å². The highest BCUT2D eigenvalue weighted by molar-refractivity contribution is 6.33. The molecule has 4 heteroatoms. The molecule has 2 aromatic rings. The maximum atomic E-state index is 11.9. The summed E-state index contributed by atoms with van der Waals surface area (Å²) >= 11 is 6.12. The molecule has 0 amide bonds.